The van der Waals surface area contributed by atoms with Crippen molar-refractivity contribution in [2.45, 2.75) is 39.4 Å². The van der Waals surface area contributed by atoms with Gasteiger partial charge in [0.1, 0.15) is 5.82 Å². The van der Waals surface area contributed by atoms with Crippen LogP contribution in [0, 0.1) is 40.4 Å². The SMILES string of the molecule is Cc1c(C)c(C)c(C(Br)c2cccc(F)c2Cl)c(C)c1C. The smallest absolute Gasteiger partial charge is 0.142 e. The van der Waals surface area contributed by atoms with Crippen LogP contribution in [0.4, 0.5) is 4.39 Å². The maximum atomic E-state index is 13.7. The van der Waals surface area contributed by atoms with Crippen LogP contribution in [0.3, 0.4) is 0 Å². The minimum atomic E-state index is -0.380. The normalized spacial score (nSPS) is 12.6. The summed E-state index contributed by atoms with van der Waals surface area (Å²) in [5, 5.41) is 0.189. The molecule has 0 aromatic heterocycles. The van der Waals surface area contributed by atoms with Gasteiger partial charge in [-0.2, -0.15) is 0 Å². The molecule has 21 heavy (non-hydrogen) atoms. The number of rotatable bonds is 2. The van der Waals surface area contributed by atoms with Crippen LogP contribution in [0.2, 0.25) is 5.02 Å². The van der Waals surface area contributed by atoms with E-state index in [1.54, 1.807) is 6.07 Å². The van der Waals surface area contributed by atoms with Crippen molar-refractivity contribution in [1.29, 1.82) is 0 Å². The van der Waals surface area contributed by atoms with Gasteiger partial charge in [-0.25, -0.2) is 4.39 Å². The molecule has 0 heterocycles. The average Bonchev–Trinajstić information content (AvgIpc) is 2.46. The minimum absolute atomic E-state index is 0.112. The number of benzene rings is 2. The first-order valence-corrected chi connectivity index (χ1v) is 8.21. The number of hydrogen-bond donors (Lipinski definition) is 0. The van der Waals surface area contributed by atoms with E-state index in [4.69, 9.17) is 11.6 Å². The van der Waals surface area contributed by atoms with E-state index < -0.39 is 0 Å². The van der Waals surface area contributed by atoms with Crippen LogP contribution in [-0.4, -0.2) is 0 Å². The van der Waals surface area contributed by atoms with E-state index in [1.165, 1.54) is 39.4 Å². The number of hydrogen-bond acceptors (Lipinski definition) is 0. The third-order valence-corrected chi connectivity index (χ3v) is 5.92. The van der Waals surface area contributed by atoms with Crippen LogP contribution in [0.1, 0.15) is 43.8 Å². The van der Waals surface area contributed by atoms with Crippen LogP contribution in [0.5, 0.6) is 0 Å². The van der Waals surface area contributed by atoms with Crippen LogP contribution in [0.25, 0.3) is 0 Å². The molecular formula is C18H19BrClF. The molecule has 0 saturated carbocycles. The highest BCUT2D eigenvalue weighted by Crippen LogP contribution is 2.41. The summed E-state index contributed by atoms with van der Waals surface area (Å²) >= 11 is 9.87. The molecule has 2 rings (SSSR count). The van der Waals surface area contributed by atoms with Gasteiger partial charge >= 0.3 is 0 Å². The summed E-state index contributed by atoms with van der Waals surface area (Å²) in [7, 11) is 0. The average molecular weight is 370 g/mol. The fourth-order valence-corrected chi connectivity index (χ4v) is 4.22. The monoisotopic (exact) mass is 368 g/mol. The van der Waals surface area contributed by atoms with Crippen molar-refractivity contribution in [3.05, 3.63) is 68.0 Å². The van der Waals surface area contributed by atoms with Gasteiger partial charge < -0.3 is 0 Å². The maximum absolute atomic E-state index is 13.7. The number of halogens is 3. The van der Waals surface area contributed by atoms with Gasteiger partial charge in [0.25, 0.3) is 0 Å². The van der Waals surface area contributed by atoms with E-state index in [-0.39, 0.29) is 15.7 Å². The zero-order valence-corrected chi connectivity index (χ0v) is 15.3. The summed E-state index contributed by atoms with van der Waals surface area (Å²) in [6.07, 6.45) is 0. The van der Waals surface area contributed by atoms with Gasteiger partial charge in [0, 0.05) is 0 Å². The van der Waals surface area contributed by atoms with Crippen molar-refractivity contribution in [3.8, 4) is 0 Å². The zero-order valence-electron chi connectivity index (χ0n) is 12.9. The molecule has 0 fully saturated rings. The lowest BCUT2D eigenvalue weighted by molar-refractivity contribution is 0.626. The summed E-state index contributed by atoms with van der Waals surface area (Å²) in [6, 6.07) is 4.95. The molecule has 1 unspecified atom stereocenters. The Morgan fingerprint density at radius 3 is 1.90 bits per heavy atom. The van der Waals surface area contributed by atoms with Gasteiger partial charge in [-0.3, -0.25) is 0 Å². The molecule has 0 saturated heterocycles. The third kappa shape index (κ3) is 2.76. The Morgan fingerprint density at radius 1 is 0.905 bits per heavy atom. The first-order valence-electron chi connectivity index (χ1n) is 6.92. The fraction of sp³-hybridized carbons (Fsp3) is 0.333. The second-order valence-corrected chi connectivity index (χ2v) is 6.84. The molecule has 0 N–H and O–H groups in total. The first-order chi connectivity index (χ1) is 9.77. The molecule has 1 atom stereocenters. The lowest BCUT2D eigenvalue weighted by Crippen LogP contribution is -2.06. The van der Waals surface area contributed by atoms with Gasteiger partial charge in [-0.15, -0.1) is 0 Å². The molecular weight excluding hydrogens is 351 g/mol. The Hall–Kier alpha value is -0.860. The Morgan fingerprint density at radius 2 is 1.38 bits per heavy atom. The van der Waals surface area contributed by atoms with Crippen molar-refractivity contribution in [2.24, 2.45) is 0 Å². The van der Waals surface area contributed by atoms with Crippen molar-refractivity contribution >= 4 is 27.5 Å². The second-order valence-electron chi connectivity index (χ2n) is 5.54. The summed E-state index contributed by atoms with van der Waals surface area (Å²) in [6.45, 7) is 10.6. The molecule has 0 spiro atoms. The summed E-state index contributed by atoms with van der Waals surface area (Å²) in [5.41, 5.74) is 8.30. The summed E-state index contributed by atoms with van der Waals surface area (Å²) in [4.78, 5) is -0.112. The largest absolute Gasteiger partial charge is 0.205 e. The molecule has 0 nitrogen and oxygen atoms in total. The van der Waals surface area contributed by atoms with E-state index >= 15 is 0 Å². The summed E-state index contributed by atoms with van der Waals surface area (Å²) in [5.74, 6) is -0.380. The molecule has 0 aliphatic rings. The first kappa shape index (κ1) is 16.5. The van der Waals surface area contributed by atoms with Gasteiger partial charge in [-0.05, 0) is 79.6 Å². The third-order valence-electron chi connectivity index (χ3n) is 4.57. The van der Waals surface area contributed by atoms with E-state index in [9.17, 15) is 4.39 Å². The fourth-order valence-electron chi connectivity index (χ4n) is 2.78. The zero-order chi connectivity index (χ0) is 15.9. The van der Waals surface area contributed by atoms with Gasteiger partial charge in [0.15, 0.2) is 0 Å². The standard InChI is InChI=1S/C18H19BrClF/c1-9-10(2)12(4)16(13(5)11(9)3)17(19)14-7-6-8-15(21)18(14)20/h6-8,17H,1-5H3. The lowest BCUT2D eigenvalue weighted by atomic mass is 9.86. The molecule has 0 bridgehead atoms. The molecule has 0 radical (unpaired) electrons. The predicted octanol–water partition coefficient (Wildman–Crippen LogP) is 6.51. The van der Waals surface area contributed by atoms with Crippen molar-refractivity contribution in [3.63, 3.8) is 0 Å². The minimum Gasteiger partial charge on any atom is -0.205 e. The van der Waals surface area contributed by atoms with Crippen LogP contribution in [0.15, 0.2) is 18.2 Å². The highest BCUT2D eigenvalue weighted by atomic mass is 79.9. The van der Waals surface area contributed by atoms with Crippen LogP contribution < -0.4 is 0 Å². The molecule has 2 aromatic carbocycles. The summed E-state index contributed by atoms with van der Waals surface area (Å²) < 4.78 is 13.7. The van der Waals surface area contributed by atoms with Gasteiger partial charge in [0.05, 0.1) is 9.85 Å². The Balaban J connectivity index is 2.70. The quantitative estimate of drug-likeness (QED) is 0.530. The molecule has 0 aliphatic carbocycles. The molecule has 3 heteroatoms. The lowest BCUT2D eigenvalue weighted by Gasteiger charge is -2.23. The Labute approximate surface area is 139 Å². The Kier molecular flexibility index (Phi) is 4.79. The van der Waals surface area contributed by atoms with E-state index in [1.807, 2.05) is 6.07 Å². The second kappa shape index (κ2) is 6.10. The van der Waals surface area contributed by atoms with E-state index in [2.05, 4.69) is 50.5 Å². The molecule has 0 amide bonds. The topological polar surface area (TPSA) is 0 Å². The van der Waals surface area contributed by atoms with Gasteiger partial charge in [0.2, 0.25) is 0 Å². The Bertz CT molecular complexity index is 678. The maximum Gasteiger partial charge on any atom is 0.142 e. The molecule has 112 valence electrons. The van der Waals surface area contributed by atoms with Gasteiger partial charge in [-0.1, -0.05) is 39.7 Å². The highest BCUT2D eigenvalue weighted by Gasteiger charge is 2.22. The van der Waals surface area contributed by atoms with E-state index in [0.717, 1.165) is 5.56 Å². The molecule has 0 aliphatic heterocycles. The number of alkyl halides is 1. The van der Waals surface area contributed by atoms with Crippen molar-refractivity contribution < 1.29 is 4.39 Å². The molecule has 2 aromatic rings. The highest BCUT2D eigenvalue weighted by molar-refractivity contribution is 9.09. The van der Waals surface area contributed by atoms with Crippen molar-refractivity contribution in [1.82, 2.24) is 0 Å². The van der Waals surface area contributed by atoms with E-state index in [0.29, 0.717) is 0 Å². The van der Waals surface area contributed by atoms with Crippen LogP contribution >= 0.6 is 27.5 Å². The predicted molar refractivity (Wildman–Crippen MR) is 92.3 cm³/mol. The van der Waals surface area contributed by atoms with Crippen LogP contribution in [-0.2, 0) is 0 Å². The van der Waals surface area contributed by atoms with Crippen molar-refractivity contribution in [2.75, 3.05) is 0 Å².